The zero-order chi connectivity index (χ0) is 13.4. The molecular weight excluding hydrogens is 210 g/mol. The van der Waals surface area contributed by atoms with E-state index in [1.807, 2.05) is 0 Å². The first-order valence-corrected chi connectivity index (χ1v) is 5.08. The lowest BCUT2D eigenvalue weighted by molar-refractivity contribution is -0.0923. The molecule has 0 aromatic rings. The van der Waals surface area contributed by atoms with Crippen molar-refractivity contribution in [3.05, 3.63) is 0 Å². The number of halogens is 2. The molecule has 90 valence electrons. The van der Waals surface area contributed by atoms with Crippen LogP contribution < -0.4 is 0 Å². The van der Waals surface area contributed by atoms with E-state index in [1.54, 1.807) is 0 Å². The van der Waals surface area contributed by atoms with Crippen LogP contribution in [-0.4, -0.2) is 11.3 Å². The van der Waals surface area contributed by atoms with Gasteiger partial charge in [0.15, 0.2) is 0 Å². The maximum Gasteiger partial charge on any atom is 0.248 e. The summed E-state index contributed by atoms with van der Waals surface area (Å²) in [5.41, 5.74) is -8.26. The molecule has 0 fully saturated rings. The fourth-order valence-corrected chi connectivity index (χ4v) is 1.52. The maximum atomic E-state index is 14.6. The molecule has 0 aliphatic carbocycles. The Morgan fingerprint density at radius 3 is 0.938 bits per heavy atom. The SMILES string of the molecule is CC(C)(C)C(F)(C#N)C(F)(C#N)C(C)(C)C. The molecule has 4 heteroatoms. The molecule has 0 aliphatic rings. The number of nitriles is 2. The van der Waals surface area contributed by atoms with Crippen molar-refractivity contribution in [2.24, 2.45) is 10.8 Å². The van der Waals surface area contributed by atoms with Gasteiger partial charge < -0.3 is 0 Å². The van der Waals surface area contributed by atoms with Crippen molar-refractivity contribution in [3.63, 3.8) is 0 Å². The van der Waals surface area contributed by atoms with Gasteiger partial charge in [0.2, 0.25) is 11.3 Å². The van der Waals surface area contributed by atoms with Crippen LogP contribution in [0.15, 0.2) is 0 Å². The van der Waals surface area contributed by atoms with Gasteiger partial charge in [-0.05, 0) is 0 Å². The van der Waals surface area contributed by atoms with E-state index in [4.69, 9.17) is 10.5 Å². The van der Waals surface area contributed by atoms with Crippen molar-refractivity contribution in [2.75, 3.05) is 0 Å². The van der Waals surface area contributed by atoms with E-state index in [0.717, 1.165) is 0 Å². The summed E-state index contributed by atoms with van der Waals surface area (Å²) in [5, 5.41) is 17.9. The van der Waals surface area contributed by atoms with Gasteiger partial charge in [-0.2, -0.15) is 10.5 Å². The van der Waals surface area contributed by atoms with Gasteiger partial charge in [-0.3, -0.25) is 0 Å². The molecule has 0 radical (unpaired) electrons. The van der Waals surface area contributed by atoms with Crippen LogP contribution >= 0.6 is 0 Å². The Balaban J connectivity index is 5.97. The zero-order valence-corrected chi connectivity index (χ0v) is 10.7. The number of rotatable bonds is 1. The first-order valence-electron chi connectivity index (χ1n) is 5.08. The van der Waals surface area contributed by atoms with E-state index in [2.05, 4.69) is 0 Å². The minimum absolute atomic E-state index is 1.28. The highest BCUT2D eigenvalue weighted by molar-refractivity contribution is 5.30. The van der Waals surface area contributed by atoms with Crippen LogP contribution in [0.4, 0.5) is 8.78 Å². The van der Waals surface area contributed by atoms with Gasteiger partial charge in [0.25, 0.3) is 0 Å². The molecule has 0 heterocycles. The second kappa shape index (κ2) is 3.70. The van der Waals surface area contributed by atoms with Crippen molar-refractivity contribution in [1.82, 2.24) is 0 Å². The Morgan fingerprint density at radius 1 is 0.688 bits per heavy atom. The van der Waals surface area contributed by atoms with Gasteiger partial charge in [-0.15, -0.1) is 0 Å². The fourth-order valence-electron chi connectivity index (χ4n) is 1.52. The topological polar surface area (TPSA) is 47.6 Å². The van der Waals surface area contributed by atoms with Crippen LogP contribution in [0.2, 0.25) is 0 Å². The molecule has 0 spiro atoms. The minimum atomic E-state index is -2.85. The molecule has 0 aromatic carbocycles. The van der Waals surface area contributed by atoms with Crippen molar-refractivity contribution >= 4 is 0 Å². The molecular formula is C12H18F2N2. The van der Waals surface area contributed by atoms with E-state index in [0.29, 0.717) is 0 Å². The van der Waals surface area contributed by atoms with Crippen molar-refractivity contribution in [3.8, 4) is 12.1 Å². The van der Waals surface area contributed by atoms with E-state index in [9.17, 15) is 8.78 Å². The average molecular weight is 228 g/mol. The van der Waals surface area contributed by atoms with Crippen LogP contribution in [-0.2, 0) is 0 Å². The van der Waals surface area contributed by atoms with Gasteiger partial charge in [0.05, 0.1) is 0 Å². The van der Waals surface area contributed by atoms with Gasteiger partial charge in [-0.25, -0.2) is 8.78 Å². The average Bonchev–Trinajstić information content (AvgIpc) is 2.11. The molecule has 0 amide bonds. The lowest BCUT2D eigenvalue weighted by Gasteiger charge is -2.45. The van der Waals surface area contributed by atoms with Gasteiger partial charge in [0, 0.05) is 10.8 Å². The summed E-state index contributed by atoms with van der Waals surface area (Å²) in [5.74, 6) is 0. The Morgan fingerprint density at radius 2 is 0.875 bits per heavy atom. The van der Waals surface area contributed by atoms with Crippen LogP contribution in [0.1, 0.15) is 41.5 Å². The number of hydrogen-bond acceptors (Lipinski definition) is 2. The third kappa shape index (κ3) is 1.78. The molecule has 2 nitrogen and oxygen atoms in total. The Labute approximate surface area is 95.9 Å². The summed E-state index contributed by atoms with van der Waals surface area (Å²) in [7, 11) is 0. The van der Waals surface area contributed by atoms with Gasteiger partial charge >= 0.3 is 0 Å². The molecule has 0 rings (SSSR count). The van der Waals surface area contributed by atoms with Gasteiger partial charge in [0.1, 0.15) is 12.1 Å². The predicted molar refractivity (Wildman–Crippen MR) is 57.8 cm³/mol. The third-order valence-electron chi connectivity index (χ3n) is 2.85. The fraction of sp³-hybridized carbons (Fsp3) is 0.833. The summed E-state index contributed by atoms with van der Waals surface area (Å²) in [4.78, 5) is 0. The molecule has 2 atom stereocenters. The summed E-state index contributed by atoms with van der Waals surface area (Å²) >= 11 is 0. The smallest absolute Gasteiger partial charge is 0.222 e. The van der Waals surface area contributed by atoms with E-state index >= 15 is 0 Å². The standard InChI is InChI=1S/C12H18F2N2/c1-9(2,3)11(13,7-15)12(14,8-16)10(4,5)6/h1-6H3. The van der Waals surface area contributed by atoms with Gasteiger partial charge in [-0.1, -0.05) is 41.5 Å². The summed E-state index contributed by atoms with van der Waals surface area (Å²) < 4.78 is 29.2. The lowest BCUT2D eigenvalue weighted by Crippen LogP contribution is -2.60. The second-order valence-electron chi connectivity index (χ2n) is 6.04. The van der Waals surface area contributed by atoms with Crippen molar-refractivity contribution in [1.29, 1.82) is 10.5 Å². The number of alkyl halides is 2. The summed E-state index contributed by atoms with van der Waals surface area (Å²) in [6.07, 6.45) is 0. The highest BCUT2D eigenvalue weighted by atomic mass is 19.2. The summed E-state index contributed by atoms with van der Waals surface area (Å²) in [6, 6.07) is 2.70. The Kier molecular flexibility index (Phi) is 3.43. The van der Waals surface area contributed by atoms with Crippen LogP contribution in [0.3, 0.4) is 0 Å². The monoisotopic (exact) mass is 228 g/mol. The van der Waals surface area contributed by atoms with Crippen LogP contribution in [0, 0.1) is 33.5 Å². The Bertz CT molecular complexity index is 315. The third-order valence-corrected chi connectivity index (χ3v) is 2.85. The lowest BCUT2D eigenvalue weighted by atomic mass is 9.61. The highest BCUT2D eigenvalue weighted by Crippen LogP contribution is 2.51. The molecule has 0 aromatic heterocycles. The van der Waals surface area contributed by atoms with Crippen LogP contribution in [0.25, 0.3) is 0 Å². The maximum absolute atomic E-state index is 14.6. The molecule has 16 heavy (non-hydrogen) atoms. The van der Waals surface area contributed by atoms with Crippen molar-refractivity contribution in [2.45, 2.75) is 52.9 Å². The normalized spacial score (nSPS) is 20.1. The first kappa shape index (κ1) is 14.8. The number of hydrogen-bond donors (Lipinski definition) is 0. The molecule has 0 aliphatic heterocycles. The molecule has 0 saturated carbocycles. The predicted octanol–water partition coefficient (Wildman–Crippen LogP) is 3.54. The minimum Gasteiger partial charge on any atom is -0.222 e. The molecule has 0 bridgehead atoms. The molecule has 2 unspecified atom stereocenters. The second-order valence-corrected chi connectivity index (χ2v) is 6.04. The number of nitrogens with zero attached hydrogens (tertiary/aromatic N) is 2. The largest absolute Gasteiger partial charge is 0.248 e. The highest BCUT2D eigenvalue weighted by Gasteiger charge is 2.66. The zero-order valence-electron chi connectivity index (χ0n) is 10.7. The van der Waals surface area contributed by atoms with Crippen molar-refractivity contribution < 1.29 is 8.78 Å². The van der Waals surface area contributed by atoms with E-state index in [-0.39, 0.29) is 0 Å². The molecule has 0 saturated heterocycles. The summed E-state index contributed by atoms with van der Waals surface area (Å²) in [6.45, 7) is 8.46. The Hall–Kier alpha value is -1.16. The van der Waals surface area contributed by atoms with E-state index in [1.165, 1.54) is 53.7 Å². The van der Waals surface area contributed by atoms with E-state index < -0.39 is 22.2 Å². The molecule has 0 N–H and O–H groups in total. The first-order chi connectivity index (χ1) is 6.87. The quantitative estimate of drug-likeness (QED) is 0.689. The van der Waals surface area contributed by atoms with Crippen LogP contribution in [0.5, 0.6) is 0 Å².